The Hall–Kier alpha value is -2.25. The van der Waals surface area contributed by atoms with Crippen molar-refractivity contribution in [2.75, 3.05) is 24.7 Å². The summed E-state index contributed by atoms with van der Waals surface area (Å²) >= 11 is 0. The Morgan fingerprint density at radius 3 is 2.35 bits per heavy atom. The molecule has 1 amide bonds. The summed E-state index contributed by atoms with van der Waals surface area (Å²) in [5.41, 5.74) is 1.23. The van der Waals surface area contributed by atoms with Crippen LogP contribution >= 0.6 is 0 Å². The summed E-state index contributed by atoms with van der Waals surface area (Å²) in [6, 6.07) is 15.7. The molecule has 2 aromatic rings. The van der Waals surface area contributed by atoms with Gasteiger partial charge in [-0.3, -0.25) is 4.79 Å². The van der Waals surface area contributed by atoms with E-state index in [-0.39, 0.29) is 18.7 Å². The maximum absolute atomic E-state index is 13.5. The lowest BCUT2D eigenvalue weighted by molar-refractivity contribution is -0.116. The fraction of sp³-hybridized carbons (Fsp3) is 0.316. The lowest BCUT2D eigenvalue weighted by atomic mass is 10.1. The predicted molar refractivity (Wildman–Crippen MR) is 101 cm³/mol. The molecule has 0 aromatic heterocycles. The molecule has 0 radical (unpaired) electrons. The number of carbonyl (C=O) groups excluding carboxylic acids is 1. The van der Waals surface area contributed by atoms with Gasteiger partial charge in [0.05, 0.1) is 11.9 Å². The van der Waals surface area contributed by atoms with E-state index in [2.05, 4.69) is 5.32 Å². The van der Waals surface area contributed by atoms with Gasteiger partial charge in [-0.25, -0.2) is 17.1 Å². The van der Waals surface area contributed by atoms with E-state index in [1.54, 1.807) is 6.07 Å². The maximum Gasteiger partial charge on any atom is 0.225 e. The van der Waals surface area contributed by atoms with Gasteiger partial charge in [0.2, 0.25) is 15.9 Å². The number of aryl methyl sites for hydroxylation is 1. The van der Waals surface area contributed by atoms with E-state index in [0.29, 0.717) is 13.0 Å². The first kappa shape index (κ1) is 20.1. The van der Waals surface area contributed by atoms with E-state index >= 15 is 0 Å². The first-order valence-corrected chi connectivity index (χ1v) is 10.2. The second-order valence-electron chi connectivity index (χ2n) is 6.03. The van der Waals surface area contributed by atoms with Crippen molar-refractivity contribution in [2.45, 2.75) is 19.3 Å². The molecule has 0 spiro atoms. The summed E-state index contributed by atoms with van der Waals surface area (Å²) in [6.07, 6.45) is 2.51. The SMILES string of the molecule is CS(=O)(=O)N(CCCc1ccccc1)CCC(=O)Nc1ccccc1F. The van der Waals surface area contributed by atoms with Crippen molar-refractivity contribution in [3.05, 3.63) is 66.0 Å². The van der Waals surface area contributed by atoms with Crippen molar-refractivity contribution in [1.29, 1.82) is 0 Å². The molecule has 0 fully saturated rings. The van der Waals surface area contributed by atoms with E-state index in [1.165, 1.54) is 22.5 Å². The molecule has 2 rings (SSSR count). The summed E-state index contributed by atoms with van der Waals surface area (Å²) in [7, 11) is -3.42. The third-order valence-electron chi connectivity index (χ3n) is 3.92. The number of rotatable bonds is 9. The number of anilines is 1. The van der Waals surface area contributed by atoms with E-state index in [9.17, 15) is 17.6 Å². The van der Waals surface area contributed by atoms with Crippen LogP contribution in [-0.2, 0) is 21.2 Å². The number of amides is 1. The summed E-state index contributed by atoms with van der Waals surface area (Å²) in [6.45, 7) is 0.397. The third-order valence-corrected chi connectivity index (χ3v) is 5.22. The Labute approximate surface area is 153 Å². The van der Waals surface area contributed by atoms with Crippen LogP contribution in [0.2, 0.25) is 0 Å². The zero-order chi connectivity index (χ0) is 19.0. The smallest absolute Gasteiger partial charge is 0.225 e. The van der Waals surface area contributed by atoms with Crippen LogP contribution in [0.4, 0.5) is 10.1 Å². The van der Waals surface area contributed by atoms with Crippen LogP contribution in [-0.4, -0.2) is 38.0 Å². The van der Waals surface area contributed by atoms with Crippen molar-refractivity contribution in [3.8, 4) is 0 Å². The molecule has 140 valence electrons. The van der Waals surface area contributed by atoms with Crippen LogP contribution in [0, 0.1) is 5.82 Å². The molecule has 1 N–H and O–H groups in total. The van der Waals surface area contributed by atoms with Crippen LogP contribution in [0.5, 0.6) is 0 Å². The lowest BCUT2D eigenvalue weighted by Gasteiger charge is -2.19. The van der Waals surface area contributed by atoms with Crippen LogP contribution < -0.4 is 5.32 Å². The number of hydrogen-bond donors (Lipinski definition) is 1. The van der Waals surface area contributed by atoms with E-state index in [1.807, 2.05) is 30.3 Å². The van der Waals surface area contributed by atoms with Gasteiger partial charge in [-0.05, 0) is 30.5 Å². The van der Waals surface area contributed by atoms with E-state index < -0.39 is 21.7 Å². The van der Waals surface area contributed by atoms with Gasteiger partial charge in [0.25, 0.3) is 0 Å². The van der Waals surface area contributed by atoms with E-state index in [0.717, 1.165) is 18.2 Å². The first-order chi connectivity index (χ1) is 12.4. The fourth-order valence-corrected chi connectivity index (χ4v) is 3.43. The number of para-hydroxylation sites is 1. The highest BCUT2D eigenvalue weighted by Gasteiger charge is 2.18. The number of carbonyl (C=O) groups is 1. The lowest BCUT2D eigenvalue weighted by Crippen LogP contribution is -2.34. The fourth-order valence-electron chi connectivity index (χ4n) is 2.55. The molecular weight excluding hydrogens is 355 g/mol. The van der Waals surface area contributed by atoms with Gasteiger partial charge in [0.1, 0.15) is 5.82 Å². The summed E-state index contributed by atoms with van der Waals surface area (Å²) in [5, 5.41) is 2.46. The molecule has 0 aliphatic heterocycles. The molecule has 2 aromatic carbocycles. The molecule has 0 aliphatic rings. The molecule has 0 saturated carbocycles. The molecule has 0 aliphatic carbocycles. The van der Waals surface area contributed by atoms with Gasteiger partial charge in [-0.15, -0.1) is 0 Å². The predicted octanol–water partition coefficient (Wildman–Crippen LogP) is 3.05. The summed E-state index contributed by atoms with van der Waals surface area (Å²) in [4.78, 5) is 12.0. The minimum atomic E-state index is -3.42. The number of hydrogen-bond acceptors (Lipinski definition) is 3. The molecule has 0 unspecified atom stereocenters. The molecule has 26 heavy (non-hydrogen) atoms. The van der Waals surface area contributed by atoms with Crippen molar-refractivity contribution in [1.82, 2.24) is 4.31 Å². The molecule has 0 saturated heterocycles. The molecule has 0 bridgehead atoms. The molecule has 0 heterocycles. The number of nitrogens with one attached hydrogen (secondary N) is 1. The highest BCUT2D eigenvalue weighted by atomic mass is 32.2. The van der Waals surface area contributed by atoms with Crippen LogP contribution in [0.25, 0.3) is 0 Å². The number of benzene rings is 2. The van der Waals surface area contributed by atoms with Gasteiger partial charge in [0, 0.05) is 19.5 Å². The van der Waals surface area contributed by atoms with Crippen molar-refractivity contribution < 1.29 is 17.6 Å². The zero-order valence-corrected chi connectivity index (χ0v) is 15.5. The second kappa shape index (κ2) is 9.45. The number of sulfonamides is 1. The van der Waals surface area contributed by atoms with Crippen molar-refractivity contribution >= 4 is 21.6 Å². The largest absolute Gasteiger partial charge is 0.324 e. The number of halogens is 1. The Kier molecular flexibility index (Phi) is 7.29. The first-order valence-electron chi connectivity index (χ1n) is 8.39. The molecule has 7 heteroatoms. The van der Waals surface area contributed by atoms with Gasteiger partial charge >= 0.3 is 0 Å². The zero-order valence-electron chi connectivity index (χ0n) is 14.7. The quantitative estimate of drug-likeness (QED) is 0.729. The molecule has 0 atom stereocenters. The standard InChI is InChI=1S/C19H23FN2O3S/c1-26(24,25)22(14-7-10-16-8-3-2-4-9-16)15-13-19(23)21-18-12-6-5-11-17(18)20/h2-6,8-9,11-12H,7,10,13-15H2,1H3,(H,21,23). The summed E-state index contributed by atoms with van der Waals surface area (Å²) < 4.78 is 38.7. The minimum absolute atomic E-state index is 0.0350. The highest BCUT2D eigenvalue weighted by molar-refractivity contribution is 7.88. The van der Waals surface area contributed by atoms with Gasteiger partial charge in [0.15, 0.2) is 0 Å². The Balaban J connectivity index is 1.85. The summed E-state index contributed by atoms with van der Waals surface area (Å²) in [5.74, 6) is -0.949. The molecule has 5 nitrogen and oxygen atoms in total. The minimum Gasteiger partial charge on any atom is -0.324 e. The van der Waals surface area contributed by atoms with Crippen LogP contribution in [0.3, 0.4) is 0 Å². The van der Waals surface area contributed by atoms with E-state index in [4.69, 9.17) is 0 Å². The van der Waals surface area contributed by atoms with Gasteiger partial charge in [-0.2, -0.15) is 0 Å². The maximum atomic E-state index is 13.5. The second-order valence-corrected chi connectivity index (χ2v) is 8.01. The third kappa shape index (κ3) is 6.57. The Morgan fingerprint density at radius 2 is 1.69 bits per heavy atom. The normalized spacial score (nSPS) is 11.5. The average Bonchev–Trinajstić information content (AvgIpc) is 2.60. The van der Waals surface area contributed by atoms with Crippen molar-refractivity contribution in [3.63, 3.8) is 0 Å². The molecular formula is C19H23FN2O3S. The Bertz CT molecular complexity index is 826. The highest BCUT2D eigenvalue weighted by Crippen LogP contribution is 2.13. The Morgan fingerprint density at radius 1 is 1.04 bits per heavy atom. The van der Waals surface area contributed by atoms with Gasteiger partial charge < -0.3 is 5.32 Å². The van der Waals surface area contributed by atoms with Crippen LogP contribution in [0.1, 0.15) is 18.4 Å². The topological polar surface area (TPSA) is 66.5 Å². The monoisotopic (exact) mass is 378 g/mol. The van der Waals surface area contributed by atoms with Crippen molar-refractivity contribution in [2.24, 2.45) is 0 Å². The number of nitrogens with zero attached hydrogens (tertiary/aromatic N) is 1. The van der Waals surface area contributed by atoms with Crippen LogP contribution in [0.15, 0.2) is 54.6 Å². The van der Waals surface area contributed by atoms with Gasteiger partial charge in [-0.1, -0.05) is 42.5 Å². The average molecular weight is 378 g/mol.